The summed E-state index contributed by atoms with van der Waals surface area (Å²) in [5.41, 5.74) is 2.73. The highest BCUT2D eigenvalue weighted by Crippen LogP contribution is 2.67. The zero-order chi connectivity index (χ0) is 36.3. The smallest absolute Gasteiger partial charge is 0.0700 e. The van der Waals surface area contributed by atoms with Gasteiger partial charge in [-0.05, 0) is 170 Å². The number of nitrogens with zero attached hydrogens (tertiary/aromatic N) is 1. The summed E-state index contributed by atoms with van der Waals surface area (Å²) < 4.78 is 3.06. The molecule has 0 aromatic heterocycles. The number of nitroso groups, excluding NO2 is 1. The predicted octanol–water partition coefficient (Wildman–Crippen LogP) is 12.8. The van der Waals surface area contributed by atoms with Crippen molar-refractivity contribution in [3.8, 4) is 0 Å². The van der Waals surface area contributed by atoms with Crippen LogP contribution in [0.3, 0.4) is 0 Å². The molecule has 0 saturated heterocycles. The fraction of sp³-hybridized carbons (Fsp3) is 0.756. The minimum atomic E-state index is 0.681. The fourth-order valence-corrected chi connectivity index (χ4v) is 10.0. The second-order valence-electron chi connectivity index (χ2n) is 13.9. The average molecular weight is 693 g/mol. The van der Waals surface area contributed by atoms with Crippen LogP contribution < -0.4 is 4.72 Å². The van der Waals surface area contributed by atoms with Crippen molar-refractivity contribution in [2.24, 2.45) is 45.6 Å². The molecule has 4 fully saturated rings. The van der Waals surface area contributed by atoms with Gasteiger partial charge in [-0.1, -0.05) is 81.3 Å². The molecule has 47 heavy (non-hydrogen) atoms. The molecule has 274 valence electrons. The number of rotatable bonds is 9. The average Bonchev–Trinajstić information content (AvgIpc) is 3.40. The van der Waals surface area contributed by atoms with Crippen molar-refractivity contribution >= 4 is 24.6 Å². The largest absolute Gasteiger partial charge is 0.400 e. The third-order valence-corrected chi connectivity index (χ3v) is 11.8. The fourth-order valence-electron chi connectivity index (χ4n) is 9.26. The highest BCUT2D eigenvalue weighted by Gasteiger charge is 2.59. The lowest BCUT2D eigenvalue weighted by atomic mass is 9.45. The summed E-state index contributed by atoms with van der Waals surface area (Å²) in [6, 6.07) is 0. The standard InChI is InChI=1S/C24H40.C9H17NS.C5H8.CH3NO.CH4O.CH4S/c1-4-5-6-9-19-12-14-21-20-13-11-18-10-7-8-16-23(18,2)22(20)15-17-24(19,21)3;1-5-6-9(11-10-4)7-8(2)3;1-3-5-4-2;1-2-3;2*1-2/h4,18-22H,1,5-17H2,2-3H3;6-7,10H,5H2,1-4H3;3-5H,1H2,2H3;1H3;2*2H,1H3/b;9-6+;5-4-;;;. The number of hydrogen-bond donors (Lipinski definition) is 3. The van der Waals surface area contributed by atoms with Crippen LogP contribution in [0.2, 0.25) is 0 Å². The zero-order valence-electron chi connectivity index (χ0n) is 32.3. The van der Waals surface area contributed by atoms with Crippen LogP contribution in [0.4, 0.5) is 0 Å². The summed E-state index contributed by atoms with van der Waals surface area (Å²) in [7, 11) is 4.13. The summed E-state index contributed by atoms with van der Waals surface area (Å²) in [5, 5.41) is 9.25. The lowest BCUT2D eigenvalue weighted by Crippen LogP contribution is -2.52. The molecule has 4 aliphatic carbocycles. The van der Waals surface area contributed by atoms with E-state index in [-0.39, 0.29) is 0 Å². The summed E-state index contributed by atoms with van der Waals surface area (Å²) in [4.78, 5) is 9.86. The van der Waals surface area contributed by atoms with Crippen LogP contribution in [0.15, 0.2) is 65.3 Å². The van der Waals surface area contributed by atoms with Crippen molar-refractivity contribution in [1.29, 1.82) is 0 Å². The van der Waals surface area contributed by atoms with Gasteiger partial charge in [0, 0.05) is 12.0 Å². The quantitative estimate of drug-likeness (QED) is 0.0562. The first kappa shape index (κ1) is 48.0. The third-order valence-electron chi connectivity index (χ3n) is 11.1. The Balaban J connectivity index is 0. The maximum absolute atomic E-state index is 8.56. The van der Waals surface area contributed by atoms with Crippen LogP contribution in [0.5, 0.6) is 0 Å². The van der Waals surface area contributed by atoms with Gasteiger partial charge in [-0.25, -0.2) is 0 Å². The number of hydrogen-bond acceptors (Lipinski definition) is 6. The van der Waals surface area contributed by atoms with Crippen molar-refractivity contribution in [3.63, 3.8) is 0 Å². The van der Waals surface area contributed by atoms with Gasteiger partial charge in [0.2, 0.25) is 0 Å². The van der Waals surface area contributed by atoms with E-state index in [1.807, 2.05) is 26.1 Å². The SMILES string of the molecule is C=C/C=C\C.C=CCCCC1CCC2C3CCC4CCCCC4(C)C3CCC12C.CC/C=C(\C=C(C)C)SNC.CN=O.CO.CS. The molecule has 4 saturated carbocycles. The Kier molecular flexibility index (Phi) is 29.4. The van der Waals surface area contributed by atoms with Crippen LogP contribution in [0.25, 0.3) is 0 Å². The maximum Gasteiger partial charge on any atom is 0.0700 e. The van der Waals surface area contributed by atoms with Crippen LogP contribution in [0.1, 0.15) is 131 Å². The van der Waals surface area contributed by atoms with E-state index in [9.17, 15) is 0 Å². The van der Waals surface area contributed by atoms with Crippen molar-refractivity contribution in [3.05, 3.63) is 65.0 Å². The molecule has 0 spiro atoms. The number of aliphatic hydroxyl groups is 1. The van der Waals surface area contributed by atoms with Gasteiger partial charge in [0.05, 0.1) is 7.05 Å². The van der Waals surface area contributed by atoms with Gasteiger partial charge < -0.3 is 5.11 Å². The molecule has 0 bridgehead atoms. The molecule has 4 nitrogen and oxygen atoms in total. The van der Waals surface area contributed by atoms with E-state index in [0.717, 1.165) is 43.1 Å². The Hall–Kier alpha value is -1.08. The van der Waals surface area contributed by atoms with Crippen LogP contribution in [-0.4, -0.2) is 32.6 Å². The number of fused-ring (bicyclic) bond motifs is 5. The van der Waals surface area contributed by atoms with Gasteiger partial charge in [-0.3, -0.25) is 4.72 Å². The van der Waals surface area contributed by atoms with Crippen molar-refractivity contribution in [2.45, 2.75) is 131 Å². The predicted molar refractivity (Wildman–Crippen MR) is 218 cm³/mol. The van der Waals surface area contributed by atoms with Crippen LogP contribution in [0, 0.1) is 45.3 Å². The molecule has 0 aromatic carbocycles. The van der Waals surface area contributed by atoms with Gasteiger partial charge in [0.1, 0.15) is 0 Å². The second kappa shape index (κ2) is 28.7. The van der Waals surface area contributed by atoms with E-state index in [2.05, 4.69) is 88.5 Å². The molecule has 7 atom stereocenters. The summed E-state index contributed by atoms with van der Waals surface area (Å²) in [5.74, 6) is 5.29. The van der Waals surface area contributed by atoms with E-state index in [1.165, 1.54) is 56.1 Å². The molecule has 0 aromatic rings. The Morgan fingerprint density at radius 2 is 1.64 bits per heavy atom. The molecule has 7 unspecified atom stereocenters. The van der Waals surface area contributed by atoms with E-state index < -0.39 is 0 Å². The van der Waals surface area contributed by atoms with Gasteiger partial charge >= 0.3 is 0 Å². The first-order valence-electron chi connectivity index (χ1n) is 18.3. The molecule has 2 N–H and O–H groups in total. The first-order chi connectivity index (χ1) is 22.6. The molecular weight excluding hydrogens is 617 g/mol. The monoisotopic (exact) mass is 693 g/mol. The van der Waals surface area contributed by atoms with Gasteiger partial charge in [-0.15, -0.1) is 6.58 Å². The lowest BCUT2D eigenvalue weighted by molar-refractivity contribution is -0.111. The van der Waals surface area contributed by atoms with E-state index in [1.54, 1.807) is 69.2 Å². The molecule has 4 aliphatic rings. The van der Waals surface area contributed by atoms with Crippen molar-refractivity contribution in [1.82, 2.24) is 4.72 Å². The highest BCUT2D eigenvalue weighted by molar-refractivity contribution is 8.01. The number of thiol groups is 1. The number of allylic oxidation sites excluding steroid dienone is 7. The molecule has 4 rings (SSSR count). The Labute approximate surface area is 302 Å². The maximum atomic E-state index is 8.56. The lowest BCUT2D eigenvalue weighted by Gasteiger charge is -2.60. The third kappa shape index (κ3) is 16.0. The first-order valence-corrected chi connectivity index (χ1v) is 20.0. The van der Waals surface area contributed by atoms with E-state index >= 15 is 0 Å². The highest BCUT2D eigenvalue weighted by atomic mass is 32.2. The Morgan fingerprint density at radius 1 is 1.00 bits per heavy atom. The number of nitrogens with one attached hydrogen (secondary N) is 1. The minimum Gasteiger partial charge on any atom is -0.400 e. The molecule has 6 heteroatoms. The minimum absolute atomic E-state index is 0.681. The van der Waals surface area contributed by atoms with Crippen LogP contribution >= 0.6 is 24.6 Å². The zero-order valence-corrected chi connectivity index (χ0v) is 34.0. The Morgan fingerprint density at radius 3 is 2.15 bits per heavy atom. The molecular formula is C41H76N2O2S2. The van der Waals surface area contributed by atoms with Crippen molar-refractivity contribution < 1.29 is 5.11 Å². The molecule has 0 amide bonds. The summed E-state index contributed by atoms with van der Waals surface area (Å²) >= 11 is 5.19. The summed E-state index contributed by atoms with van der Waals surface area (Å²) in [6.07, 6.45) is 34.4. The summed E-state index contributed by atoms with van der Waals surface area (Å²) in [6.45, 7) is 21.1. The van der Waals surface area contributed by atoms with E-state index in [0.29, 0.717) is 10.8 Å². The number of aliphatic hydroxyl groups excluding tert-OH is 1. The van der Waals surface area contributed by atoms with Crippen LogP contribution in [-0.2, 0) is 0 Å². The normalized spacial score (nSPS) is 30.0. The van der Waals surface area contributed by atoms with Gasteiger partial charge in [0.15, 0.2) is 0 Å². The number of unbranched alkanes of at least 4 members (excludes halogenated alkanes) is 1. The molecule has 0 radical (unpaired) electrons. The van der Waals surface area contributed by atoms with Crippen molar-refractivity contribution in [2.75, 3.05) is 27.5 Å². The van der Waals surface area contributed by atoms with E-state index in [4.69, 9.17) is 10.0 Å². The second-order valence-corrected chi connectivity index (χ2v) is 15.0. The van der Waals surface area contributed by atoms with Gasteiger partial charge in [-0.2, -0.15) is 17.5 Å². The molecule has 0 aliphatic heterocycles. The molecule has 0 heterocycles. The van der Waals surface area contributed by atoms with Gasteiger partial charge in [0.25, 0.3) is 0 Å². The Bertz CT molecular complexity index is 913. The topological polar surface area (TPSA) is 61.7 Å².